The van der Waals surface area contributed by atoms with Crippen LogP contribution in [0.15, 0.2) is 10.5 Å². The highest BCUT2D eigenvalue weighted by molar-refractivity contribution is 5.96. The SMILES string of the molecule is Cc1oc(C(C)C)cc1C(=O)N1CCN2CCN(C)C(=O)[C@H]2C1. The number of amides is 2. The van der Waals surface area contributed by atoms with Crippen LogP contribution in [-0.4, -0.2) is 72.3 Å². The predicted octanol–water partition coefficient (Wildman–Crippen LogP) is 1.31. The van der Waals surface area contributed by atoms with Crippen molar-refractivity contribution in [1.82, 2.24) is 14.7 Å². The summed E-state index contributed by atoms with van der Waals surface area (Å²) >= 11 is 0. The fourth-order valence-electron chi connectivity index (χ4n) is 3.32. The molecule has 0 aliphatic carbocycles. The Bertz CT molecular complexity index is 623. The quantitative estimate of drug-likeness (QED) is 0.825. The standard InChI is InChI=1S/C17H25N3O3/c1-11(2)15-9-13(12(3)23-15)16(21)20-8-7-19-6-5-18(4)17(22)14(19)10-20/h9,11,14H,5-8,10H2,1-4H3/t14-/m1/s1. The lowest BCUT2D eigenvalue weighted by Gasteiger charge is -2.45. The summed E-state index contributed by atoms with van der Waals surface area (Å²) in [4.78, 5) is 30.9. The van der Waals surface area contributed by atoms with Gasteiger partial charge < -0.3 is 14.2 Å². The van der Waals surface area contributed by atoms with Crippen LogP contribution in [0.4, 0.5) is 0 Å². The summed E-state index contributed by atoms with van der Waals surface area (Å²) < 4.78 is 5.70. The van der Waals surface area contributed by atoms with E-state index in [1.807, 2.05) is 33.9 Å². The van der Waals surface area contributed by atoms with Crippen molar-refractivity contribution in [3.05, 3.63) is 23.2 Å². The number of rotatable bonds is 2. The van der Waals surface area contributed by atoms with Gasteiger partial charge in [-0.25, -0.2) is 0 Å². The molecule has 2 aliphatic heterocycles. The molecule has 0 bridgehead atoms. The third-order valence-corrected chi connectivity index (χ3v) is 4.90. The number of carbonyl (C=O) groups excluding carboxylic acids is 2. The first-order valence-corrected chi connectivity index (χ1v) is 8.27. The molecule has 2 aliphatic rings. The van der Waals surface area contributed by atoms with Crippen molar-refractivity contribution < 1.29 is 14.0 Å². The van der Waals surface area contributed by atoms with Crippen LogP contribution < -0.4 is 0 Å². The van der Waals surface area contributed by atoms with E-state index >= 15 is 0 Å². The van der Waals surface area contributed by atoms with Crippen LogP contribution in [0.1, 0.15) is 41.6 Å². The number of piperazine rings is 2. The van der Waals surface area contributed by atoms with Gasteiger partial charge in [0.1, 0.15) is 17.6 Å². The van der Waals surface area contributed by atoms with Gasteiger partial charge in [0.15, 0.2) is 0 Å². The van der Waals surface area contributed by atoms with Gasteiger partial charge >= 0.3 is 0 Å². The topological polar surface area (TPSA) is 57.0 Å². The van der Waals surface area contributed by atoms with Crippen molar-refractivity contribution in [3.8, 4) is 0 Å². The van der Waals surface area contributed by atoms with Crippen LogP contribution in [-0.2, 0) is 4.79 Å². The van der Waals surface area contributed by atoms with Crippen molar-refractivity contribution >= 4 is 11.8 Å². The van der Waals surface area contributed by atoms with Gasteiger partial charge in [-0.1, -0.05) is 13.8 Å². The zero-order chi connectivity index (χ0) is 16.7. The summed E-state index contributed by atoms with van der Waals surface area (Å²) in [6, 6.07) is 1.65. The molecule has 2 saturated heterocycles. The number of carbonyl (C=O) groups is 2. The van der Waals surface area contributed by atoms with Gasteiger partial charge in [-0.05, 0) is 13.0 Å². The van der Waals surface area contributed by atoms with E-state index in [-0.39, 0.29) is 23.8 Å². The molecule has 0 saturated carbocycles. The molecule has 3 heterocycles. The molecule has 2 amide bonds. The molecule has 0 aromatic carbocycles. The molecule has 6 nitrogen and oxygen atoms in total. The van der Waals surface area contributed by atoms with Crippen molar-refractivity contribution in [2.45, 2.75) is 32.7 Å². The van der Waals surface area contributed by atoms with Crippen molar-refractivity contribution in [2.24, 2.45) is 0 Å². The minimum absolute atomic E-state index is 0.0289. The first kappa shape index (κ1) is 16.1. The summed E-state index contributed by atoms with van der Waals surface area (Å²) in [6.45, 7) is 9.44. The van der Waals surface area contributed by atoms with Crippen LogP contribution >= 0.6 is 0 Å². The minimum atomic E-state index is -0.205. The maximum absolute atomic E-state index is 12.8. The molecule has 1 aromatic heterocycles. The zero-order valence-electron chi connectivity index (χ0n) is 14.3. The normalized spacial score (nSPS) is 22.7. The molecule has 0 unspecified atom stereocenters. The number of nitrogens with zero attached hydrogens (tertiary/aromatic N) is 3. The van der Waals surface area contributed by atoms with Gasteiger partial charge in [-0.2, -0.15) is 0 Å². The summed E-state index contributed by atoms with van der Waals surface area (Å²) in [5.74, 6) is 1.83. The molecule has 3 rings (SSSR count). The minimum Gasteiger partial charge on any atom is -0.465 e. The molecule has 23 heavy (non-hydrogen) atoms. The van der Waals surface area contributed by atoms with Crippen molar-refractivity contribution in [2.75, 3.05) is 39.8 Å². The van der Waals surface area contributed by atoms with Gasteiger partial charge in [0.05, 0.1) is 5.56 Å². The number of furan rings is 1. The molecule has 1 aromatic rings. The largest absolute Gasteiger partial charge is 0.465 e. The fraction of sp³-hybridized carbons (Fsp3) is 0.647. The number of hydrogen-bond donors (Lipinski definition) is 0. The number of likely N-dealkylation sites (N-methyl/N-ethyl adjacent to an activating group) is 1. The monoisotopic (exact) mass is 319 g/mol. The lowest BCUT2D eigenvalue weighted by molar-refractivity contribution is -0.142. The lowest BCUT2D eigenvalue weighted by Crippen LogP contribution is -2.64. The summed E-state index contributed by atoms with van der Waals surface area (Å²) in [5, 5.41) is 0. The Morgan fingerprint density at radius 2 is 1.96 bits per heavy atom. The highest BCUT2D eigenvalue weighted by Gasteiger charge is 2.39. The van der Waals surface area contributed by atoms with E-state index in [1.165, 1.54) is 0 Å². The van der Waals surface area contributed by atoms with Gasteiger partial charge in [-0.3, -0.25) is 14.5 Å². The maximum atomic E-state index is 12.8. The van der Waals surface area contributed by atoms with Gasteiger partial charge in [0.2, 0.25) is 5.91 Å². The Morgan fingerprint density at radius 3 is 2.61 bits per heavy atom. The summed E-state index contributed by atoms with van der Waals surface area (Å²) in [7, 11) is 1.83. The van der Waals surface area contributed by atoms with Gasteiger partial charge in [-0.15, -0.1) is 0 Å². The molecule has 0 N–H and O–H groups in total. The molecule has 1 atom stereocenters. The molecule has 0 radical (unpaired) electrons. The molecular formula is C17H25N3O3. The molecule has 2 fully saturated rings. The van der Waals surface area contributed by atoms with Crippen LogP contribution in [0, 0.1) is 6.92 Å². The predicted molar refractivity (Wildman–Crippen MR) is 86.4 cm³/mol. The van der Waals surface area contributed by atoms with Crippen molar-refractivity contribution in [3.63, 3.8) is 0 Å². The Labute approximate surface area is 137 Å². The average molecular weight is 319 g/mol. The number of hydrogen-bond acceptors (Lipinski definition) is 4. The summed E-state index contributed by atoms with van der Waals surface area (Å²) in [5.41, 5.74) is 0.624. The Balaban J connectivity index is 1.77. The molecule has 0 spiro atoms. The van der Waals surface area contributed by atoms with E-state index in [9.17, 15) is 9.59 Å². The Hall–Kier alpha value is -1.82. The average Bonchev–Trinajstić information content (AvgIpc) is 2.92. The number of fused-ring (bicyclic) bond motifs is 1. The number of aryl methyl sites for hydroxylation is 1. The second kappa shape index (κ2) is 6.00. The van der Waals surface area contributed by atoms with Crippen LogP contribution in [0.3, 0.4) is 0 Å². The van der Waals surface area contributed by atoms with Crippen LogP contribution in [0.25, 0.3) is 0 Å². The highest BCUT2D eigenvalue weighted by Crippen LogP contribution is 2.24. The third-order valence-electron chi connectivity index (χ3n) is 4.90. The van der Waals surface area contributed by atoms with Crippen molar-refractivity contribution in [1.29, 1.82) is 0 Å². The first-order valence-electron chi connectivity index (χ1n) is 8.27. The third kappa shape index (κ3) is 2.87. The van der Waals surface area contributed by atoms with E-state index < -0.39 is 0 Å². The van der Waals surface area contributed by atoms with Crippen LogP contribution in [0.5, 0.6) is 0 Å². The molecule has 6 heteroatoms. The Morgan fingerprint density at radius 1 is 1.26 bits per heavy atom. The van der Waals surface area contributed by atoms with E-state index in [0.29, 0.717) is 24.4 Å². The maximum Gasteiger partial charge on any atom is 0.257 e. The second-order valence-corrected chi connectivity index (χ2v) is 6.84. The smallest absolute Gasteiger partial charge is 0.257 e. The lowest BCUT2D eigenvalue weighted by atomic mass is 10.1. The van der Waals surface area contributed by atoms with Gasteiger partial charge in [0.25, 0.3) is 5.91 Å². The fourth-order valence-corrected chi connectivity index (χ4v) is 3.32. The van der Waals surface area contributed by atoms with Crippen LogP contribution in [0.2, 0.25) is 0 Å². The van der Waals surface area contributed by atoms with E-state index in [2.05, 4.69) is 4.90 Å². The second-order valence-electron chi connectivity index (χ2n) is 6.84. The van der Waals surface area contributed by atoms with E-state index in [4.69, 9.17) is 4.42 Å². The zero-order valence-corrected chi connectivity index (χ0v) is 14.3. The highest BCUT2D eigenvalue weighted by atomic mass is 16.3. The Kier molecular flexibility index (Phi) is 4.19. The summed E-state index contributed by atoms with van der Waals surface area (Å²) in [6.07, 6.45) is 0. The molecular weight excluding hydrogens is 294 g/mol. The van der Waals surface area contributed by atoms with E-state index in [0.717, 1.165) is 25.4 Å². The molecule has 126 valence electrons. The van der Waals surface area contributed by atoms with E-state index in [1.54, 1.807) is 9.80 Å². The van der Waals surface area contributed by atoms with Gasteiger partial charge in [0, 0.05) is 45.7 Å². The first-order chi connectivity index (χ1) is 10.9.